The number of methoxy groups -OCH3 is 1. The topological polar surface area (TPSA) is 55.8 Å². The molecule has 2 aliphatic rings. The van der Waals surface area contributed by atoms with Crippen LogP contribution in [0.25, 0.3) is 0 Å². The number of hydrogen-bond acceptors (Lipinski definition) is 4. The minimum atomic E-state index is -1.28. The maximum Gasteiger partial charge on any atom is 0.373 e. The Kier molecular flexibility index (Phi) is 4.28. The summed E-state index contributed by atoms with van der Waals surface area (Å²) in [5, 5.41) is 10.9. The van der Waals surface area contributed by atoms with Crippen molar-refractivity contribution in [1.82, 2.24) is 0 Å². The number of carbonyl (C=O) groups excluding carboxylic acids is 1. The summed E-state index contributed by atoms with van der Waals surface area (Å²) in [4.78, 5) is 11.9. The molecule has 3 rings (SSSR count). The second-order valence-electron chi connectivity index (χ2n) is 5.90. The third kappa shape index (κ3) is 2.79. The first-order valence-electron chi connectivity index (χ1n) is 7.50. The van der Waals surface area contributed by atoms with Crippen LogP contribution in [0.2, 0.25) is 0 Å². The minimum absolute atomic E-state index is 0.0455. The van der Waals surface area contributed by atoms with E-state index in [1.165, 1.54) is 7.11 Å². The highest BCUT2D eigenvalue weighted by Gasteiger charge is 2.49. The number of rotatable bonds is 2. The molecule has 0 saturated heterocycles. The molecule has 0 aromatic heterocycles. The van der Waals surface area contributed by atoms with E-state index in [4.69, 9.17) is 9.47 Å². The van der Waals surface area contributed by atoms with Gasteiger partial charge in [-0.15, -0.1) is 0 Å². The first kappa shape index (κ1) is 15.6. The number of halogens is 1. The van der Waals surface area contributed by atoms with Gasteiger partial charge in [-0.2, -0.15) is 0 Å². The van der Waals surface area contributed by atoms with Gasteiger partial charge in [0.25, 0.3) is 0 Å². The van der Waals surface area contributed by atoms with Gasteiger partial charge < -0.3 is 14.6 Å². The van der Waals surface area contributed by atoms with Gasteiger partial charge >= 0.3 is 5.97 Å². The molecule has 1 fully saturated rings. The smallest absolute Gasteiger partial charge is 0.373 e. The zero-order valence-corrected chi connectivity index (χ0v) is 14.0. The molecule has 0 amide bonds. The highest BCUT2D eigenvalue weighted by Crippen LogP contribution is 2.48. The predicted octanol–water partition coefficient (Wildman–Crippen LogP) is 3.50. The highest BCUT2D eigenvalue weighted by molar-refractivity contribution is 9.10. The summed E-state index contributed by atoms with van der Waals surface area (Å²) in [6.45, 7) is 0. The average molecular weight is 367 g/mol. The Bertz CT molecular complexity index is 595. The molecule has 5 heteroatoms. The van der Waals surface area contributed by atoms with E-state index in [0.717, 1.165) is 29.3 Å². The normalized spacial score (nSPS) is 30.8. The molecule has 0 spiro atoms. The number of aliphatic hydroxyl groups is 1. The standard InChI is InChI=1S/C17H19BrO4/c1-21-16(19)15-10-13(11-5-7-12(18)8-6-11)14-4-2-3-9-17(14,20)22-15/h5-8,10,13-14,20H,2-4,9H2,1H3/t13-,14+,17+/m1/s1. The Labute approximate surface area is 138 Å². The van der Waals surface area contributed by atoms with Crippen LogP contribution in [0.3, 0.4) is 0 Å². The largest absolute Gasteiger partial charge is 0.463 e. The van der Waals surface area contributed by atoms with E-state index in [9.17, 15) is 9.90 Å². The summed E-state index contributed by atoms with van der Waals surface area (Å²) in [5.41, 5.74) is 1.07. The van der Waals surface area contributed by atoms with Crippen LogP contribution in [-0.4, -0.2) is 24.0 Å². The van der Waals surface area contributed by atoms with E-state index in [1.54, 1.807) is 6.08 Å². The highest BCUT2D eigenvalue weighted by atomic mass is 79.9. The molecule has 1 aromatic rings. The summed E-state index contributed by atoms with van der Waals surface area (Å²) in [5.74, 6) is -1.82. The second-order valence-corrected chi connectivity index (χ2v) is 6.81. The monoisotopic (exact) mass is 366 g/mol. The molecule has 0 unspecified atom stereocenters. The predicted molar refractivity (Wildman–Crippen MR) is 85.0 cm³/mol. The molecule has 22 heavy (non-hydrogen) atoms. The van der Waals surface area contributed by atoms with Crippen LogP contribution in [0.4, 0.5) is 0 Å². The Morgan fingerprint density at radius 3 is 2.77 bits per heavy atom. The molecule has 1 heterocycles. The molecular formula is C17H19BrO4. The van der Waals surface area contributed by atoms with Crippen LogP contribution in [-0.2, 0) is 14.3 Å². The van der Waals surface area contributed by atoms with Crippen molar-refractivity contribution in [2.75, 3.05) is 7.11 Å². The zero-order valence-electron chi connectivity index (χ0n) is 12.4. The van der Waals surface area contributed by atoms with Gasteiger partial charge in [-0.25, -0.2) is 4.79 Å². The number of allylic oxidation sites excluding steroid dienone is 1. The number of hydrogen-bond donors (Lipinski definition) is 1. The van der Waals surface area contributed by atoms with Gasteiger partial charge in [-0.05, 0) is 36.6 Å². The van der Waals surface area contributed by atoms with E-state index in [2.05, 4.69) is 15.9 Å². The van der Waals surface area contributed by atoms with Crippen LogP contribution in [0.5, 0.6) is 0 Å². The van der Waals surface area contributed by atoms with Crippen LogP contribution < -0.4 is 0 Å². The lowest BCUT2D eigenvalue weighted by atomic mass is 9.71. The summed E-state index contributed by atoms with van der Waals surface area (Å²) in [6.07, 6.45) is 5.17. The van der Waals surface area contributed by atoms with E-state index in [-0.39, 0.29) is 17.6 Å². The average Bonchev–Trinajstić information content (AvgIpc) is 2.53. The maximum absolute atomic E-state index is 11.9. The quantitative estimate of drug-likeness (QED) is 0.813. The molecule has 1 saturated carbocycles. The van der Waals surface area contributed by atoms with Gasteiger partial charge in [0.05, 0.1) is 7.11 Å². The summed E-state index contributed by atoms with van der Waals surface area (Å²) in [6, 6.07) is 7.97. The summed E-state index contributed by atoms with van der Waals surface area (Å²) < 4.78 is 11.4. The number of esters is 1. The number of carbonyl (C=O) groups is 1. The molecular weight excluding hydrogens is 348 g/mol. The van der Waals surface area contributed by atoms with Crippen LogP contribution in [0, 0.1) is 5.92 Å². The van der Waals surface area contributed by atoms with Crippen molar-refractivity contribution < 1.29 is 19.4 Å². The zero-order chi connectivity index (χ0) is 15.7. The van der Waals surface area contributed by atoms with E-state index in [0.29, 0.717) is 6.42 Å². The lowest BCUT2D eigenvalue weighted by molar-refractivity contribution is -0.243. The number of fused-ring (bicyclic) bond motifs is 1. The van der Waals surface area contributed by atoms with Gasteiger partial charge in [0.1, 0.15) is 0 Å². The molecule has 0 radical (unpaired) electrons. The second kappa shape index (κ2) is 6.05. The van der Waals surface area contributed by atoms with E-state index in [1.807, 2.05) is 24.3 Å². The fraction of sp³-hybridized carbons (Fsp3) is 0.471. The molecule has 4 nitrogen and oxygen atoms in total. The molecule has 1 aromatic carbocycles. The van der Waals surface area contributed by atoms with Crippen molar-refractivity contribution >= 4 is 21.9 Å². The minimum Gasteiger partial charge on any atom is -0.463 e. The van der Waals surface area contributed by atoms with Gasteiger partial charge in [-0.3, -0.25) is 0 Å². The molecule has 0 bridgehead atoms. The summed E-state index contributed by atoms with van der Waals surface area (Å²) >= 11 is 3.43. The summed E-state index contributed by atoms with van der Waals surface area (Å²) in [7, 11) is 1.32. The molecule has 118 valence electrons. The lowest BCUT2D eigenvalue weighted by Crippen LogP contribution is -2.48. The molecule has 1 N–H and O–H groups in total. The third-order valence-corrected chi connectivity index (χ3v) is 5.10. The first-order valence-corrected chi connectivity index (χ1v) is 8.30. The van der Waals surface area contributed by atoms with E-state index < -0.39 is 11.8 Å². The molecule has 1 aliphatic heterocycles. The SMILES string of the molecule is COC(=O)C1=C[C@H](c2ccc(Br)cc2)[C@@H]2CCCC[C@]2(O)O1. The lowest BCUT2D eigenvalue weighted by Gasteiger charge is -2.46. The Morgan fingerprint density at radius 2 is 2.09 bits per heavy atom. The first-order chi connectivity index (χ1) is 10.5. The van der Waals surface area contributed by atoms with Gasteiger partial charge in [-0.1, -0.05) is 34.5 Å². The molecule has 1 aliphatic carbocycles. The molecule has 3 atom stereocenters. The number of benzene rings is 1. The van der Waals surface area contributed by atoms with Crippen molar-refractivity contribution in [2.24, 2.45) is 5.92 Å². The van der Waals surface area contributed by atoms with E-state index >= 15 is 0 Å². The Balaban J connectivity index is 2.03. The number of ether oxygens (including phenoxy) is 2. The van der Waals surface area contributed by atoms with Crippen LogP contribution in [0.1, 0.15) is 37.2 Å². The van der Waals surface area contributed by atoms with Crippen molar-refractivity contribution in [1.29, 1.82) is 0 Å². The fourth-order valence-electron chi connectivity index (χ4n) is 3.47. The fourth-order valence-corrected chi connectivity index (χ4v) is 3.73. The van der Waals surface area contributed by atoms with Gasteiger partial charge in [0, 0.05) is 22.7 Å². The van der Waals surface area contributed by atoms with Crippen molar-refractivity contribution in [3.8, 4) is 0 Å². The van der Waals surface area contributed by atoms with Crippen LogP contribution in [0.15, 0.2) is 40.6 Å². The van der Waals surface area contributed by atoms with Gasteiger partial charge in [0.2, 0.25) is 11.5 Å². The van der Waals surface area contributed by atoms with Crippen molar-refractivity contribution in [3.05, 3.63) is 46.1 Å². The van der Waals surface area contributed by atoms with Crippen LogP contribution >= 0.6 is 15.9 Å². The van der Waals surface area contributed by atoms with Crippen molar-refractivity contribution in [3.63, 3.8) is 0 Å². The van der Waals surface area contributed by atoms with Gasteiger partial charge in [0.15, 0.2) is 0 Å². The Morgan fingerprint density at radius 1 is 1.36 bits per heavy atom. The maximum atomic E-state index is 11.9. The third-order valence-electron chi connectivity index (χ3n) is 4.57. The van der Waals surface area contributed by atoms with Crippen molar-refractivity contribution in [2.45, 2.75) is 37.4 Å². The Hall–Kier alpha value is -1.33.